The maximum atomic E-state index is 11.5. The first-order valence-corrected chi connectivity index (χ1v) is 11.0. The highest BCUT2D eigenvalue weighted by molar-refractivity contribution is 7.99. The summed E-state index contributed by atoms with van der Waals surface area (Å²) in [5.41, 5.74) is 5.98. The molecule has 6 nitrogen and oxygen atoms in total. The number of hydrogen-bond donors (Lipinski definition) is 1. The van der Waals surface area contributed by atoms with E-state index in [-0.39, 0.29) is 12.4 Å². The van der Waals surface area contributed by atoms with E-state index in [1.54, 1.807) is 13.1 Å². The average Bonchev–Trinajstić information content (AvgIpc) is 3.10. The zero-order chi connectivity index (χ0) is 18.9. The molecule has 2 aromatic rings. The van der Waals surface area contributed by atoms with Gasteiger partial charge in [-0.05, 0) is 24.1 Å². The molecule has 144 valence electrons. The van der Waals surface area contributed by atoms with E-state index < -0.39 is 0 Å². The number of thiazole rings is 1. The second-order valence-corrected chi connectivity index (χ2v) is 8.21. The molecule has 1 aliphatic rings. The third kappa shape index (κ3) is 6.64. The van der Waals surface area contributed by atoms with E-state index in [1.165, 1.54) is 28.4 Å². The number of rotatable bonds is 8. The molecule has 0 spiro atoms. The number of thioether (sulfide) groups is 1. The molecule has 1 fully saturated rings. The second-order valence-electron chi connectivity index (χ2n) is 6.13. The van der Waals surface area contributed by atoms with Crippen LogP contribution in [0.25, 0.3) is 0 Å². The lowest BCUT2D eigenvalue weighted by Gasteiger charge is -2.26. The van der Waals surface area contributed by atoms with E-state index in [0.717, 1.165) is 25.2 Å². The molecule has 0 bridgehead atoms. The summed E-state index contributed by atoms with van der Waals surface area (Å²) in [6.07, 6.45) is 1.98. The molecular formula is C19H24N4O2S2. The van der Waals surface area contributed by atoms with Crippen LogP contribution in [0.3, 0.4) is 0 Å². The average molecular weight is 405 g/mol. The molecule has 1 aliphatic heterocycles. The Bertz CT molecular complexity index is 773. The highest BCUT2D eigenvalue weighted by Crippen LogP contribution is 2.16. The maximum absolute atomic E-state index is 11.5. The summed E-state index contributed by atoms with van der Waals surface area (Å²) in [7, 11) is 0. The molecule has 0 atom stereocenters. The number of hydrazone groups is 1. The number of carbonyl (C=O) groups is 1. The lowest BCUT2D eigenvalue weighted by Crippen LogP contribution is -2.31. The Balaban J connectivity index is 1.51. The number of anilines is 1. The van der Waals surface area contributed by atoms with Crippen molar-refractivity contribution in [2.24, 2.45) is 5.10 Å². The number of carbonyl (C=O) groups excluding carboxylic acids is 1. The summed E-state index contributed by atoms with van der Waals surface area (Å²) in [6.45, 7) is 5.47. The summed E-state index contributed by atoms with van der Waals surface area (Å²) in [6, 6.07) is 8.43. The smallest absolute Gasteiger partial charge is 0.311 e. The molecule has 1 aromatic heterocycles. The van der Waals surface area contributed by atoms with Gasteiger partial charge in [0, 0.05) is 36.5 Å². The molecule has 3 rings (SSSR count). The van der Waals surface area contributed by atoms with Crippen LogP contribution in [0.15, 0.2) is 34.7 Å². The SMILES string of the molecule is CCOC(=O)Cc1csc(NN=Cc2cccc(CN3CCSCC3)c2)n1. The van der Waals surface area contributed by atoms with Crippen molar-refractivity contribution in [3.8, 4) is 0 Å². The fourth-order valence-electron chi connectivity index (χ4n) is 2.75. The lowest BCUT2D eigenvalue weighted by molar-refractivity contribution is -0.142. The number of benzene rings is 1. The quantitative estimate of drug-likeness (QED) is 0.414. The van der Waals surface area contributed by atoms with Gasteiger partial charge in [-0.15, -0.1) is 11.3 Å². The van der Waals surface area contributed by atoms with Crippen molar-refractivity contribution in [3.63, 3.8) is 0 Å². The Morgan fingerprint density at radius 3 is 3.07 bits per heavy atom. The van der Waals surface area contributed by atoms with E-state index in [4.69, 9.17) is 4.74 Å². The number of esters is 1. The van der Waals surface area contributed by atoms with E-state index in [0.29, 0.717) is 17.4 Å². The number of ether oxygens (including phenoxy) is 1. The van der Waals surface area contributed by atoms with Crippen molar-refractivity contribution < 1.29 is 9.53 Å². The molecule has 1 aromatic carbocycles. The molecule has 0 saturated carbocycles. The summed E-state index contributed by atoms with van der Waals surface area (Å²) in [4.78, 5) is 18.3. The van der Waals surface area contributed by atoms with Crippen LogP contribution >= 0.6 is 23.1 Å². The number of nitrogens with one attached hydrogen (secondary N) is 1. The van der Waals surface area contributed by atoms with Crippen LogP contribution in [0.1, 0.15) is 23.7 Å². The summed E-state index contributed by atoms with van der Waals surface area (Å²) < 4.78 is 4.93. The molecule has 1 N–H and O–H groups in total. The standard InChI is InChI=1S/C19H24N4O2S2/c1-2-25-18(24)11-17-14-27-19(21-17)22-20-12-15-4-3-5-16(10-15)13-23-6-8-26-9-7-23/h3-5,10,12,14H,2,6-9,11,13H2,1H3,(H,21,22). The highest BCUT2D eigenvalue weighted by Gasteiger charge is 2.10. The zero-order valence-corrected chi connectivity index (χ0v) is 17.0. The molecule has 2 heterocycles. The fourth-order valence-corrected chi connectivity index (χ4v) is 4.39. The van der Waals surface area contributed by atoms with Crippen LogP contribution in [0, 0.1) is 0 Å². The number of hydrogen-bond acceptors (Lipinski definition) is 8. The van der Waals surface area contributed by atoms with Gasteiger partial charge in [-0.25, -0.2) is 4.98 Å². The molecule has 0 aliphatic carbocycles. The van der Waals surface area contributed by atoms with Crippen LogP contribution in [0.4, 0.5) is 5.13 Å². The largest absolute Gasteiger partial charge is 0.466 e. The first-order chi connectivity index (χ1) is 13.2. The van der Waals surface area contributed by atoms with Crippen LogP contribution in [0.5, 0.6) is 0 Å². The Kier molecular flexibility index (Phi) is 7.67. The van der Waals surface area contributed by atoms with E-state index in [9.17, 15) is 4.79 Å². The third-order valence-corrected chi connectivity index (χ3v) is 5.76. The predicted octanol–water partition coefficient (Wildman–Crippen LogP) is 3.24. The number of nitrogens with zero attached hydrogens (tertiary/aromatic N) is 3. The van der Waals surface area contributed by atoms with Crippen molar-refractivity contribution in [2.45, 2.75) is 19.9 Å². The molecule has 0 amide bonds. The van der Waals surface area contributed by atoms with Gasteiger partial charge in [-0.3, -0.25) is 15.1 Å². The van der Waals surface area contributed by atoms with Crippen LogP contribution < -0.4 is 5.43 Å². The molecule has 0 radical (unpaired) electrons. The molecular weight excluding hydrogens is 380 g/mol. The summed E-state index contributed by atoms with van der Waals surface area (Å²) in [5.74, 6) is 2.18. The van der Waals surface area contributed by atoms with Gasteiger partial charge in [-0.2, -0.15) is 16.9 Å². The first-order valence-electron chi connectivity index (χ1n) is 9.01. The lowest BCUT2D eigenvalue weighted by atomic mass is 10.1. The minimum atomic E-state index is -0.262. The maximum Gasteiger partial charge on any atom is 0.311 e. The van der Waals surface area contributed by atoms with E-state index in [1.807, 2.05) is 23.2 Å². The van der Waals surface area contributed by atoms with Crippen molar-refractivity contribution in [3.05, 3.63) is 46.5 Å². The summed E-state index contributed by atoms with van der Waals surface area (Å²) >= 11 is 3.45. The van der Waals surface area contributed by atoms with Gasteiger partial charge in [0.2, 0.25) is 5.13 Å². The Morgan fingerprint density at radius 2 is 2.26 bits per heavy atom. The van der Waals surface area contributed by atoms with Gasteiger partial charge in [-0.1, -0.05) is 18.2 Å². The Morgan fingerprint density at radius 1 is 1.41 bits per heavy atom. The van der Waals surface area contributed by atoms with Crippen LogP contribution in [-0.4, -0.2) is 53.3 Å². The van der Waals surface area contributed by atoms with Gasteiger partial charge >= 0.3 is 5.97 Å². The van der Waals surface area contributed by atoms with Gasteiger partial charge in [0.15, 0.2) is 0 Å². The predicted molar refractivity (Wildman–Crippen MR) is 113 cm³/mol. The third-order valence-electron chi connectivity index (χ3n) is 4.02. The van der Waals surface area contributed by atoms with Gasteiger partial charge in [0.25, 0.3) is 0 Å². The topological polar surface area (TPSA) is 66.8 Å². The normalized spacial score (nSPS) is 15.1. The van der Waals surface area contributed by atoms with Gasteiger partial charge < -0.3 is 4.74 Å². The van der Waals surface area contributed by atoms with Crippen molar-refractivity contribution in [2.75, 3.05) is 36.6 Å². The second kappa shape index (κ2) is 10.4. The minimum Gasteiger partial charge on any atom is -0.466 e. The molecule has 0 unspecified atom stereocenters. The van der Waals surface area contributed by atoms with E-state index in [2.05, 4.69) is 38.6 Å². The number of aromatic nitrogens is 1. The van der Waals surface area contributed by atoms with Crippen molar-refractivity contribution in [1.82, 2.24) is 9.88 Å². The molecule has 27 heavy (non-hydrogen) atoms. The first kappa shape index (κ1) is 19.9. The Hall–Kier alpha value is -1.90. The minimum absolute atomic E-state index is 0.187. The summed E-state index contributed by atoms with van der Waals surface area (Å²) in [5, 5.41) is 6.77. The monoisotopic (exact) mass is 404 g/mol. The van der Waals surface area contributed by atoms with Crippen molar-refractivity contribution >= 4 is 40.4 Å². The van der Waals surface area contributed by atoms with Gasteiger partial charge in [0.1, 0.15) is 0 Å². The highest BCUT2D eigenvalue weighted by atomic mass is 32.2. The van der Waals surface area contributed by atoms with Crippen LogP contribution in [0.2, 0.25) is 0 Å². The van der Waals surface area contributed by atoms with Crippen molar-refractivity contribution in [1.29, 1.82) is 0 Å². The fraction of sp³-hybridized carbons (Fsp3) is 0.421. The van der Waals surface area contributed by atoms with Gasteiger partial charge in [0.05, 0.1) is 24.9 Å². The molecule has 8 heteroatoms. The zero-order valence-electron chi connectivity index (χ0n) is 15.4. The molecule has 1 saturated heterocycles. The van der Waals surface area contributed by atoms with E-state index >= 15 is 0 Å². The van der Waals surface area contributed by atoms with Crippen LogP contribution in [-0.2, 0) is 22.5 Å². The Labute approximate surface area is 168 Å².